The zero-order valence-electron chi connectivity index (χ0n) is 12.7. The molecular weight excluding hydrogens is 314 g/mol. The van der Waals surface area contributed by atoms with Gasteiger partial charge in [0.2, 0.25) is 15.9 Å². The first-order chi connectivity index (χ1) is 11.0. The van der Waals surface area contributed by atoms with Crippen molar-refractivity contribution in [1.82, 2.24) is 9.62 Å². The van der Waals surface area contributed by atoms with Crippen molar-refractivity contribution in [2.45, 2.75) is 36.6 Å². The number of nitrogens with zero attached hydrogens (tertiary/aromatic N) is 2. The third-order valence-electron chi connectivity index (χ3n) is 4.35. The molecule has 1 N–H and O–H groups in total. The Morgan fingerprint density at radius 2 is 1.83 bits per heavy atom. The van der Waals surface area contributed by atoms with Crippen LogP contribution in [0.15, 0.2) is 29.2 Å². The van der Waals surface area contributed by atoms with Gasteiger partial charge in [0.1, 0.15) is 6.07 Å². The molecule has 2 aliphatic rings. The number of hydrogen-bond donors (Lipinski definition) is 1. The summed E-state index contributed by atoms with van der Waals surface area (Å²) in [6.07, 6.45) is 3.17. The van der Waals surface area contributed by atoms with Crippen molar-refractivity contribution < 1.29 is 13.2 Å². The van der Waals surface area contributed by atoms with Gasteiger partial charge in [-0.25, -0.2) is 13.1 Å². The predicted molar refractivity (Wildman–Crippen MR) is 83.8 cm³/mol. The van der Waals surface area contributed by atoms with Crippen LogP contribution in [0.25, 0.3) is 0 Å². The molecule has 0 radical (unpaired) electrons. The fourth-order valence-corrected chi connectivity index (χ4v) is 4.34. The van der Waals surface area contributed by atoms with Crippen molar-refractivity contribution in [2.24, 2.45) is 5.92 Å². The molecule has 122 valence electrons. The smallest absolute Gasteiger partial charge is 0.242 e. The fourth-order valence-electron chi connectivity index (χ4n) is 2.88. The lowest BCUT2D eigenvalue weighted by Crippen LogP contribution is -2.47. The number of sulfonamides is 1. The topological polar surface area (TPSA) is 90.3 Å². The average molecular weight is 333 g/mol. The van der Waals surface area contributed by atoms with Gasteiger partial charge in [0.05, 0.1) is 10.5 Å². The maximum atomic E-state index is 12.5. The Bertz CT molecular complexity index is 742. The molecule has 3 rings (SSSR count). The van der Waals surface area contributed by atoms with Crippen LogP contribution in [0.4, 0.5) is 0 Å². The van der Waals surface area contributed by atoms with E-state index in [1.54, 1.807) is 12.1 Å². The van der Waals surface area contributed by atoms with E-state index < -0.39 is 10.0 Å². The van der Waals surface area contributed by atoms with Crippen LogP contribution < -0.4 is 4.72 Å². The van der Waals surface area contributed by atoms with Gasteiger partial charge in [0, 0.05) is 25.0 Å². The highest BCUT2D eigenvalue weighted by Crippen LogP contribution is 2.32. The van der Waals surface area contributed by atoms with E-state index in [9.17, 15) is 13.2 Å². The highest BCUT2D eigenvalue weighted by Gasteiger charge is 2.35. The maximum absolute atomic E-state index is 12.5. The third-order valence-corrected chi connectivity index (χ3v) is 5.93. The number of benzene rings is 1. The molecule has 0 atom stereocenters. The lowest BCUT2D eigenvalue weighted by Gasteiger charge is -2.32. The van der Waals surface area contributed by atoms with Gasteiger partial charge in [-0.2, -0.15) is 5.26 Å². The molecule has 6 nitrogen and oxygen atoms in total. The molecule has 2 fully saturated rings. The molecule has 1 aromatic carbocycles. The number of rotatable bonds is 4. The number of carbonyl (C=O) groups excluding carboxylic acids is 1. The van der Waals surface area contributed by atoms with Crippen LogP contribution in [-0.2, 0) is 14.8 Å². The van der Waals surface area contributed by atoms with Crippen molar-refractivity contribution in [3.8, 4) is 6.07 Å². The highest BCUT2D eigenvalue weighted by atomic mass is 32.2. The summed E-state index contributed by atoms with van der Waals surface area (Å²) in [7, 11) is -3.72. The molecule has 1 aliphatic heterocycles. The molecule has 1 aromatic rings. The Hall–Kier alpha value is -1.91. The minimum absolute atomic E-state index is 0.0130. The summed E-state index contributed by atoms with van der Waals surface area (Å²) in [5, 5.41) is 9.05. The van der Waals surface area contributed by atoms with Gasteiger partial charge < -0.3 is 4.90 Å². The fraction of sp³-hybridized carbons (Fsp3) is 0.500. The van der Waals surface area contributed by atoms with E-state index in [1.165, 1.54) is 12.1 Å². The SMILES string of the molecule is N#Cc1ccccc1S(=O)(=O)NC1CCN(C(=O)C2CC2)CC1. The Balaban J connectivity index is 1.63. The zero-order valence-corrected chi connectivity index (χ0v) is 13.6. The summed E-state index contributed by atoms with van der Waals surface area (Å²) in [6, 6.07) is 7.88. The molecule has 0 bridgehead atoms. The second-order valence-electron chi connectivity index (χ2n) is 6.10. The molecule has 0 aromatic heterocycles. The third kappa shape index (κ3) is 3.54. The van der Waals surface area contributed by atoms with E-state index in [4.69, 9.17) is 5.26 Å². The number of hydrogen-bond acceptors (Lipinski definition) is 4. The van der Waals surface area contributed by atoms with Crippen molar-refractivity contribution >= 4 is 15.9 Å². The van der Waals surface area contributed by atoms with Crippen LogP contribution in [0.5, 0.6) is 0 Å². The highest BCUT2D eigenvalue weighted by molar-refractivity contribution is 7.89. The molecule has 0 unspecified atom stereocenters. The van der Waals surface area contributed by atoms with Crippen LogP contribution >= 0.6 is 0 Å². The van der Waals surface area contributed by atoms with Crippen molar-refractivity contribution in [2.75, 3.05) is 13.1 Å². The number of nitrogens with one attached hydrogen (secondary N) is 1. The van der Waals surface area contributed by atoms with E-state index in [2.05, 4.69) is 4.72 Å². The van der Waals surface area contributed by atoms with Crippen molar-refractivity contribution in [1.29, 1.82) is 5.26 Å². The minimum Gasteiger partial charge on any atom is -0.342 e. The van der Waals surface area contributed by atoms with Gasteiger partial charge in [0.15, 0.2) is 0 Å². The van der Waals surface area contributed by atoms with E-state index in [0.29, 0.717) is 25.9 Å². The molecule has 1 saturated heterocycles. The normalized spacial score (nSPS) is 19.3. The molecule has 23 heavy (non-hydrogen) atoms. The summed E-state index contributed by atoms with van der Waals surface area (Å²) in [5.41, 5.74) is 0.140. The first-order valence-corrected chi connectivity index (χ1v) is 9.30. The second-order valence-corrected chi connectivity index (χ2v) is 7.79. The lowest BCUT2D eigenvalue weighted by atomic mass is 10.1. The van der Waals surface area contributed by atoms with Gasteiger partial charge in [0.25, 0.3) is 0 Å². The molecule has 1 aliphatic carbocycles. The monoisotopic (exact) mass is 333 g/mol. The second kappa shape index (κ2) is 6.30. The van der Waals surface area contributed by atoms with Crippen LogP contribution in [0.2, 0.25) is 0 Å². The van der Waals surface area contributed by atoms with Crippen LogP contribution in [0.3, 0.4) is 0 Å². The van der Waals surface area contributed by atoms with Gasteiger partial charge in [-0.15, -0.1) is 0 Å². The summed E-state index contributed by atoms with van der Waals surface area (Å²) >= 11 is 0. The minimum atomic E-state index is -3.72. The Kier molecular flexibility index (Phi) is 4.37. The summed E-state index contributed by atoms with van der Waals surface area (Å²) < 4.78 is 27.6. The lowest BCUT2D eigenvalue weighted by molar-refractivity contribution is -0.133. The van der Waals surface area contributed by atoms with Gasteiger partial charge in [-0.3, -0.25) is 4.79 Å². The number of likely N-dealkylation sites (tertiary alicyclic amines) is 1. The summed E-state index contributed by atoms with van der Waals surface area (Å²) in [5.74, 6) is 0.409. The number of nitriles is 1. The molecule has 1 amide bonds. The van der Waals surface area contributed by atoms with Crippen LogP contribution in [-0.4, -0.2) is 38.4 Å². The van der Waals surface area contributed by atoms with E-state index in [1.807, 2.05) is 11.0 Å². The van der Waals surface area contributed by atoms with Crippen molar-refractivity contribution in [3.05, 3.63) is 29.8 Å². The molecular formula is C16H19N3O3S. The zero-order chi connectivity index (χ0) is 16.4. The Morgan fingerprint density at radius 3 is 2.43 bits per heavy atom. The standard InChI is InChI=1S/C16H19N3O3S/c17-11-13-3-1-2-4-15(13)23(21,22)18-14-7-9-19(10-8-14)16(20)12-5-6-12/h1-4,12,14,18H,5-10H2. The van der Waals surface area contributed by atoms with E-state index >= 15 is 0 Å². The summed E-state index contributed by atoms with van der Waals surface area (Å²) in [6.45, 7) is 1.17. The average Bonchev–Trinajstić information content (AvgIpc) is 3.39. The molecule has 7 heteroatoms. The van der Waals surface area contributed by atoms with Gasteiger partial charge in [-0.05, 0) is 37.8 Å². The van der Waals surface area contributed by atoms with E-state index in [-0.39, 0.29) is 28.3 Å². The molecule has 1 saturated carbocycles. The quantitative estimate of drug-likeness (QED) is 0.897. The van der Waals surface area contributed by atoms with Crippen LogP contribution in [0, 0.1) is 17.2 Å². The number of carbonyl (C=O) groups is 1. The largest absolute Gasteiger partial charge is 0.342 e. The summed E-state index contributed by atoms with van der Waals surface area (Å²) in [4.78, 5) is 13.9. The van der Waals surface area contributed by atoms with E-state index in [0.717, 1.165) is 12.8 Å². The van der Waals surface area contributed by atoms with Crippen LogP contribution in [0.1, 0.15) is 31.2 Å². The first-order valence-electron chi connectivity index (χ1n) is 7.81. The first kappa shape index (κ1) is 16.0. The molecule has 0 spiro atoms. The molecule has 1 heterocycles. The van der Waals surface area contributed by atoms with Crippen molar-refractivity contribution in [3.63, 3.8) is 0 Å². The number of amides is 1. The van der Waals surface area contributed by atoms with Gasteiger partial charge >= 0.3 is 0 Å². The number of piperidine rings is 1. The van der Waals surface area contributed by atoms with Gasteiger partial charge in [-0.1, -0.05) is 12.1 Å². The Labute approximate surface area is 136 Å². The maximum Gasteiger partial charge on any atom is 0.242 e. The Morgan fingerprint density at radius 1 is 1.17 bits per heavy atom. The predicted octanol–water partition coefficient (Wildman–Crippen LogP) is 1.24.